The van der Waals surface area contributed by atoms with Gasteiger partial charge in [0.05, 0.1) is 33.4 Å². The van der Waals surface area contributed by atoms with Gasteiger partial charge in [-0.25, -0.2) is 13.2 Å². The van der Waals surface area contributed by atoms with E-state index >= 15 is 8.78 Å². The summed E-state index contributed by atoms with van der Waals surface area (Å²) in [6.07, 6.45) is 3.10. The molecule has 4 fully saturated rings. The molecule has 10 nitrogen and oxygen atoms in total. The first-order valence-electron chi connectivity index (χ1n) is 17.6. The Morgan fingerprint density at radius 2 is 1.96 bits per heavy atom. The van der Waals surface area contributed by atoms with Crippen LogP contribution in [-0.4, -0.2) is 96.6 Å². The molecule has 0 radical (unpaired) electrons. The van der Waals surface area contributed by atoms with E-state index < -0.39 is 23.3 Å². The Morgan fingerprint density at radius 3 is 2.73 bits per heavy atom. The van der Waals surface area contributed by atoms with Crippen LogP contribution in [0.5, 0.6) is 6.01 Å². The van der Waals surface area contributed by atoms with E-state index in [9.17, 15) is 9.65 Å². The van der Waals surface area contributed by atoms with E-state index in [2.05, 4.69) is 20.8 Å². The molecule has 2 aromatic carbocycles. The van der Waals surface area contributed by atoms with E-state index in [0.29, 0.717) is 41.9 Å². The van der Waals surface area contributed by atoms with Gasteiger partial charge < -0.3 is 24.5 Å². The molecule has 2 N–H and O–H groups in total. The van der Waals surface area contributed by atoms with Crippen molar-refractivity contribution in [2.75, 3.05) is 63.7 Å². The number of alkyl halides is 1. The van der Waals surface area contributed by atoms with E-state index in [-0.39, 0.29) is 67.6 Å². The molecule has 51 heavy (non-hydrogen) atoms. The summed E-state index contributed by atoms with van der Waals surface area (Å²) >= 11 is 0.953. The molecule has 3 aromatic heterocycles. The number of nitrogens with two attached hydrogens (primary N) is 1. The number of piperazine rings is 1. The van der Waals surface area contributed by atoms with Crippen LogP contribution in [0, 0.1) is 29.9 Å². The van der Waals surface area contributed by atoms with Crippen LogP contribution in [0.1, 0.15) is 43.4 Å². The number of halogens is 3. The van der Waals surface area contributed by atoms with Gasteiger partial charge in [0.2, 0.25) is 0 Å². The van der Waals surface area contributed by atoms with Gasteiger partial charge in [0.15, 0.2) is 5.82 Å². The minimum absolute atomic E-state index is 0.0217. The van der Waals surface area contributed by atoms with Crippen LogP contribution >= 0.6 is 11.3 Å². The topological polar surface area (TPSA) is 117 Å². The highest BCUT2D eigenvalue weighted by Crippen LogP contribution is 2.49. The number of hydrogen-bond donors (Lipinski definition) is 1. The second-order valence-electron chi connectivity index (χ2n) is 14.5. The lowest BCUT2D eigenvalue weighted by atomic mass is 9.94. The lowest BCUT2D eigenvalue weighted by molar-refractivity contribution is 0.107. The fourth-order valence-electron chi connectivity index (χ4n) is 9.33. The van der Waals surface area contributed by atoms with Crippen molar-refractivity contribution in [1.29, 1.82) is 5.26 Å². The van der Waals surface area contributed by atoms with E-state index in [1.807, 2.05) is 6.07 Å². The van der Waals surface area contributed by atoms with Crippen molar-refractivity contribution in [2.24, 2.45) is 0 Å². The number of benzene rings is 2. The predicted octanol–water partition coefficient (Wildman–Crippen LogP) is 6.55. The minimum atomic E-state index is -0.929. The number of nitrogens with zero attached hydrogens (tertiary/aromatic N) is 6. The van der Waals surface area contributed by atoms with E-state index in [0.717, 1.165) is 63.2 Å². The van der Waals surface area contributed by atoms with Gasteiger partial charge in [-0.2, -0.15) is 15.2 Å². The molecule has 2 bridgehead atoms. The van der Waals surface area contributed by atoms with Crippen LogP contribution < -0.4 is 15.4 Å². The van der Waals surface area contributed by atoms with Crippen molar-refractivity contribution in [3.8, 4) is 23.2 Å². The SMILES string of the molecule is COCCN1C[C@H]2CC[C@@H](C1)N2c1nc(OC[C@@]23CCCN2C[C@H](F)C3)nc2c(F)c(-c3ccc(F)c4sc(N)c(C#N)c34)c3oc(C)cc3c12. The van der Waals surface area contributed by atoms with Crippen LogP contribution in [0.2, 0.25) is 0 Å². The maximum absolute atomic E-state index is 17.6. The summed E-state index contributed by atoms with van der Waals surface area (Å²) in [7, 11) is 1.70. The second-order valence-corrected chi connectivity index (χ2v) is 15.6. The van der Waals surface area contributed by atoms with Gasteiger partial charge in [-0.3, -0.25) is 9.80 Å². The molecule has 0 spiro atoms. The number of aromatic nitrogens is 2. The van der Waals surface area contributed by atoms with Gasteiger partial charge >= 0.3 is 6.01 Å². The lowest BCUT2D eigenvalue weighted by Gasteiger charge is -2.42. The molecule has 4 aliphatic rings. The Labute approximate surface area is 296 Å². The zero-order chi connectivity index (χ0) is 35.2. The van der Waals surface area contributed by atoms with Crippen LogP contribution in [-0.2, 0) is 4.74 Å². The molecule has 0 unspecified atom stereocenters. The molecule has 5 aromatic rings. The van der Waals surface area contributed by atoms with Gasteiger partial charge in [-0.15, -0.1) is 11.3 Å². The van der Waals surface area contributed by atoms with Crippen LogP contribution in [0.15, 0.2) is 22.6 Å². The molecule has 7 heterocycles. The Kier molecular flexibility index (Phi) is 7.84. The number of nitriles is 1. The van der Waals surface area contributed by atoms with Gasteiger partial charge in [0.25, 0.3) is 0 Å². The molecule has 4 saturated heterocycles. The quantitative estimate of drug-likeness (QED) is 0.189. The zero-order valence-electron chi connectivity index (χ0n) is 28.5. The van der Waals surface area contributed by atoms with Gasteiger partial charge in [-0.1, -0.05) is 6.07 Å². The number of ether oxygens (including phenoxy) is 2. The zero-order valence-corrected chi connectivity index (χ0v) is 29.3. The summed E-state index contributed by atoms with van der Waals surface area (Å²) in [6, 6.07) is 6.93. The van der Waals surface area contributed by atoms with Crippen molar-refractivity contribution in [3.63, 3.8) is 0 Å². The summed E-state index contributed by atoms with van der Waals surface area (Å²) in [6.45, 7) is 6.22. The Morgan fingerprint density at radius 1 is 1.16 bits per heavy atom. The number of anilines is 2. The van der Waals surface area contributed by atoms with E-state index in [4.69, 9.17) is 29.6 Å². The minimum Gasteiger partial charge on any atom is -0.461 e. The number of fused-ring (bicyclic) bond motifs is 7. The predicted molar refractivity (Wildman–Crippen MR) is 190 cm³/mol. The Hall–Kier alpha value is -4.16. The van der Waals surface area contributed by atoms with Gasteiger partial charge in [-0.05, 0) is 56.8 Å². The molecule has 266 valence electrons. The third kappa shape index (κ3) is 5.07. The third-order valence-electron chi connectivity index (χ3n) is 11.5. The van der Waals surface area contributed by atoms with Crippen molar-refractivity contribution in [1.82, 2.24) is 19.8 Å². The Balaban J connectivity index is 1.26. The number of aryl methyl sites for hydroxylation is 1. The van der Waals surface area contributed by atoms with Crippen molar-refractivity contribution >= 4 is 54.1 Å². The summed E-state index contributed by atoms with van der Waals surface area (Å²) in [5.74, 6) is -0.132. The molecular formula is C37H38F3N7O3S. The summed E-state index contributed by atoms with van der Waals surface area (Å²) < 4.78 is 65.6. The third-order valence-corrected chi connectivity index (χ3v) is 12.5. The number of nitrogen functional groups attached to an aromatic ring is 1. The monoisotopic (exact) mass is 717 g/mol. The number of thiophene rings is 1. The van der Waals surface area contributed by atoms with Crippen LogP contribution in [0.25, 0.3) is 43.1 Å². The maximum Gasteiger partial charge on any atom is 0.319 e. The average Bonchev–Trinajstić information content (AvgIpc) is 3.90. The number of hydrogen-bond acceptors (Lipinski definition) is 11. The van der Waals surface area contributed by atoms with E-state index in [1.165, 1.54) is 12.1 Å². The molecular weight excluding hydrogens is 680 g/mol. The van der Waals surface area contributed by atoms with Crippen molar-refractivity contribution in [2.45, 2.75) is 62.8 Å². The number of likely N-dealkylation sites (tertiary alicyclic amines) is 1. The number of furan rings is 1. The summed E-state index contributed by atoms with van der Waals surface area (Å²) in [4.78, 5) is 16.7. The molecule has 4 atom stereocenters. The van der Waals surface area contributed by atoms with Crippen LogP contribution in [0.4, 0.5) is 24.0 Å². The Bertz CT molecular complexity index is 2240. The largest absolute Gasteiger partial charge is 0.461 e. The molecule has 14 heteroatoms. The highest BCUT2D eigenvalue weighted by molar-refractivity contribution is 7.23. The van der Waals surface area contributed by atoms with Crippen molar-refractivity contribution in [3.05, 3.63) is 41.2 Å². The first-order chi connectivity index (χ1) is 24.7. The normalized spacial score (nSPS) is 25.1. The highest BCUT2D eigenvalue weighted by atomic mass is 32.1. The number of methoxy groups -OCH3 is 1. The molecule has 0 saturated carbocycles. The summed E-state index contributed by atoms with van der Waals surface area (Å²) in [5, 5.41) is 11.5. The van der Waals surface area contributed by atoms with E-state index in [1.54, 1.807) is 14.0 Å². The standard InChI is InChI=1S/C37H38F3N7O3S/c1-19-12-24-29-31(30(40)28(32(24)50-19)23-6-7-26(39)33-27(23)25(14-41)34(42)51-33)43-36(49-18-37-8-3-9-46(37)15-20(38)13-37)44-35(29)47-21-4-5-22(47)17-45(16-21)10-11-48-2/h6-7,12,20-22H,3-5,8-11,13,15-18,42H2,1-2H3/t20-,21-,22+,37+/m1/s1. The van der Waals surface area contributed by atoms with Gasteiger partial charge in [0.1, 0.15) is 52.3 Å². The first-order valence-corrected chi connectivity index (χ1v) is 18.4. The van der Waals surface area contributed by atoms with Gasteiger partial charge in [0, 0.05) is 62.6 Å². The first kappa shape index (κ1) is 32.7. The molecule has 0 aliphatic carbocycles. The fraction of sp³-hybridized carbons (Fsp3) is 0.486. The average molecular weight is 718 g/mol. The lowest BCUT2D eigenvalue weighted by Crippen LogP contribution is -2.54. The fourth-order valence-corrected chi connectivity index (χ4v) is 10.3. The molecule has 9 rings (SSSR count). The van der Waals surface area contributed by atoms with Crippen LogP contribution in [0.3, 0.4) is 0 Å². The molecule has 0 amide bonds. The number of rotatable bonds is 8. The van der Waals surface area contributed by atoms with Crippen molar-refractivity contribution < 1.29 is 27.1 Å². The maximum atomic E-state index is 17.6. The highest BCUT2D eigenvalue weighted by Gasteiger charge is 2.50. The second kappa shape index (κ2) is 12.2. The molecule has 4 aliphatic heterocycles. The smallest absolute Gasteiger partial charge is 0.319 e. The summed E-state index contributed by atoms with van der Waals surface area (Å²) in [5.41, 5.74) is 6.44.